The number of anilines is 3. The summed E-state index contributed by atoms with van der Waals surface area (Å²) >= 11 is 0. The number of rotatable bonds is 6. The molecule has 10 aromatic carbocycles. The maximum Gasteiger partial charge on any atom is 0.0726 e. The van der Waals surface area contributed by atoms with Gasteiger partial charge in [0, 0.05) is 22.4 Å². The Balaban J connectivity index is 1.09. The maximum atomic E-state index is 2.56. The van der Waals surface area contributed by atoms with Gasteiger partial charge in [0.25, 0.3) is 0 Å². The molecule has 0 heterocycles. The van der Waals surface area contributed by atoms with Gasteiger partial charge >= 0.3 is 0 Å². The highest BCUT2D eigenvalue weighted by Gasteiger charge is 2.52. The molecule has 1 nitrogen and oxygen atoms in total. The van der Waals surface area contributed by atoms with E-state index in [1.54, 1.807) is 0 Å². The van der Waals surface area contributed by atoms with E-state index >= 15 is 0 Å². The van der Waals surface area contributed by atoms with Crippen molar-refractivity contribution in [2.75, 3.05) is 4.90 Å². The fourth-order valence-corrected chi connectivity index (χ4v) is 12.9. The Labute approximate surface area is 432 Å². The van der Waals surface area contributed by atoms with Crippen molar-refractivity contribution >= 4 is 17.1 Å². The third-order valence-electron chi connectivity index (χ3n) is 16.6. The van der Waals surface area contributed by atoms with Crippen molar-refractivity contribution in [3.8, 4) is 66.8 Å². The van der Waals surface area contributed by atoms with E-state index in [9.17, 15) is 0 Å². The zero-order chi connectivity index (χ0) is 50.0. The lowest BCUT2D eigenvalue weighted by molar-refractivity contribution is 0.586. The van der Waals surface area contributed by atoms with E-state index in [2.05, 4.69) is 285 Å². The standard InChI is InChI=1S/C72H61N/c1-69(2,3)50-33-39-58-59-40-34-51(70(4,5)6)44-65(59)72(64(58)43-50)62-28-18-16-25-56(62)60-41-37-53(45-66(60)72)73(52-35-30-47(31-36-52)46-20-11-9-12-21-46)67-29-19-26-54(68(67)48-22-13-10-14-23-48)49-32-38-57-55-24-15-17-27-61(55)71(7,8)63(57)42-49/h9-45H,1-8H3. The van der Waals surface area contributed by atoms with Crippen LogP contribution in [0.4, 0.5) is 17.1 Å². The summed E-state index contributed by atoms with van der Waals surface area (Å²) in [5, 5.41) is 0. The van der Waals surface area contributed by atoms with Crippen LogP contribution in [0.5, 0.6) is 0 Å². The quantitative estimate of drug-likeness (QED) is 0.161. The largest absolute Gasteiger partial charge is 0.310 e. The first-order valence-corrected chi connectivity index (χ1v) is 26.2. The highest BCUT2D eigenvalue weighted by molar-refractivity contribution is 6.00. The van der Waals surface area contributed by atoms with Gasteiger partial charge in [0.05, 0.1) is 11.1 Å². The fourth-order valence-electron chi connectivity index (χ4n) is 12.9. The van der Waals surface area contributed by atoms with E-state index < -0.39 is 5.41 Å². The summed E-state index contributed by atoms with van der Waals surface area (Å²) in [6, 6.07) is 85.4. The highest BCUT2D eigenvalue weighted by Crippen LogP contribution is 2.64. The fraction of sp³-hybridized carbons (Fsp3) is 0.167. The van der Waals surface area contributed by atoms with Gasteiger partial charge in [-0.2, -0.15) is 0 Å². The SMILES string of the molecule is CC(C)(C)c1ccc2c(c1)C1(c3ccccc3-c3ccc(N(c4ccc(-c5ccccc5)cc4)c4cccc(-c5ccc6c(c5)C(C)(C)c5ccccc5-6)c4-c4ccccc4)cc31)c1cc(C(C)(C)C)ccc1-2. The van der Waals surface area contributed by atoms with Crippen LogP contribution in [0, 0.1) is 0 Å². The zero-order valence-electron chi connectivity index (χ0n) is 43.3. The molecule has 3 aliphatic rings. The predicted octanol–water partition coefficient (Wildman–Crippen LogP) is 19.4. The van der Waals surface area contributed by atoms with Gasteiger partial charge in [0.15, 0.2) is 0 Å². The first-order chi connectivity index (χ1) is 35.2. The molecule has 13 rings (SSSR count). The van der Waals surface area contributed by atoms with Crippen LogP contribution in [-0.4, -0.2) is 0 Å². The van der Waals surface area contributed by atoms with E-state index in [1.165, 1.54) is 111 Å². The summed E-state index contributed by atoms with van der Waals surface area (Å²) in [6.45, 7) is 18.8. The molecule has 0 saturated carbocycles. The Bertz CT molecular complexity index is 3760. The smallest absolute Gasteiger partial charge is 0.0726 e. The molecule has 10 aromatic rings. The molecular formula is C72H61N. The van der Waals surface area contributed by atoms with Crippen molar-refractivity contribution in [3.63, 3.8) is 0 Å². The third-order valence-corrected chi connectivity index (χ3v) is 16.6. The van der Waals surface area contributed by atoms with E-state index in [-0.39, 0.29) is 16.2 Å². The Morgan fingerprint density at radius 3 is 1.36 bits per heavy atom. The van der Waals surface area contributed by atoms with Crippen LogP contribution in [0.2, 0.25) is 0 Å². The van der Waals surface area contributed by atoms with Crippen LogP contribution in [0.25, 0.3) is 66.8 Å². The van der Waals surface area contributed by atoms with Crippen LogP contribution in [0.3, 0.4) is 0 Å². The Morgan fingerprint density at radius 2 is 0.740 bits per heavy atom. The van der Waals surface area contributed by atoms with Crippen LogP contribution < -0.4 is 4.90 Å². The minimum Gasteiger partial charge on any atom is -0.310 e. The normalized spacial score (nSPS) is 14.2. The average Bonchev–Trinajstić information content (AvgIpc) is 3.98. The molecule has 0 saturated heterocycles. The van der Waals surface area contributed by atoms with Crippen molar-refractivity contribution in [1.82, 2.24) is 0 Å². The van der Waals surface area contributed by atoms with E-state index in [0.717, 1.165) is 17.1 Å². The Hall–Kier alpha value is -8.00. The van der Waals surface area contributed by atoms with Crippen LogP contribution in [-0.2, 0) is 21.7 Å². The molecule has 0 radical (unpaired) electrons. The number of hydrogen-bond donors (Lipinski definition) is 0. The predicted molar refractivity (Wildman–Crippen MR) is 309 cm³/mol. The summed E-state index contributed by atoms with van der Waals surface area (Å²) in [6.07, 6.45) is 0. The van der Waals surface area contributed by atoms with Gasteiger partial charge in [-0.25, -0.2) is 0 Å². The van der Waals surface area contributed by atoms with E-state index in [4.69, 9.17) is 0 Å². The zero-order valence-corrected chi connectivity index (χ0v) is 43.3. The molecule has 0 N–H and O–H groups in total. The molecular weight excluding hydrogens is 879 g/mol. The summed E-state index contributed by atoms with van der Waals surface area (Å²) in [7, 11) is 0. The van der Waals surface area contributed by atoms with Gasteiger partial charge in [0.2, 0.25) is 0 Å². The molecule has 0 amide bonds. The summed E-state index contributed by atoms with van der Waals surface area (Å²) in [4.78, 5) is 2.54. The topological polar surface area (TPSA) is 3.24 Å². The average molecular weight is 940 g/mol. The summed E-state index contributed by atoms with van der Waals surface area (Å²) < 4.78 is 0. The monoisotopic (exact) mass is 939 g/mol. The Morgan fingerprint density at radius 1 is 0.301 bits per heavy atom. The van der Waals surface area contributed by atoms with Gasteiger partial charge in [0.1, 0.15) is 0 Å². The molecule has 0 bridgehead atoms. The molecule has 73 heavy (non-hydrogen) atoms. The molecule has 354 valence electrons. The second-order valence-corrected chi connectivity index (χ2v) is 23.3. The molecule has 3 aliphatic carbocycles. The van der Waals surface area contributed by atoms with Crippen molar-refractivity contribution in [2.45, 2.75) is 77.0 Å². The lowest BCUT2D eigenvalue weighted by Gasteiger charge is -2.34. The van der Waals surface area contributed by atoms with Crippen molar-refractivity contribution in [3.05, 3.63) is 269 Å². The van der Waals surface area contributed by atoms with E-state index in [0.29, 0.717) is 0 Å². The number of fused-ring (bicyclic) bond motifs is 13. The van der Waals surface area contributed by atoms with Crippen molar-refractivity contribution < 1.29 is 0 Å². The van der Waals surface area contributed by atoms with Gasteiger partial charge < -0.3 is 4.90 Å². The van der Waals surface area contributed by atoms with Crippen LogP contribution in [0.15, 0.2) is 224 Å². The minimum atomic E-state index is -0.545. The number of benzene rings is 10. The van der Waals surface area contributed by atoms with Crippen LogP contribution >= 0.6 is 0 Å². The lowest BCUT2D eigenvalue weighted by Crippen LogP contribution is -2.27. The molecule has 0 aromatic heterocycles. The van der Waals surface area contributed by atoms with Crippen LogP contribution in [0.1, 0.15) is 99.9 Å². The Kier molecular flexibility index (Phi) is 10.0. The first kappa shape index (κ1) is 44.9. The highest BCUT2D eigenvalue weighted by atomic mass is 15.1. The van der Waals surface area contributed by atoms with Gasteiger partial charge in [-0.1, -0.05) is 243 Å². The minimum absolute atomic E-state index is 0.0372. The first-order valence-electron chi connectivity index (χ1n) is 26.2. The van der Waals surface area contributed by atoms with Crippen molar-refractivity contribution in [1.29, 1.82) is 0 Å². The second kappa shape index (κ2) is 16.3. The number of hydrogen-bond acceptors (Lipinski definition) is 1. The third kappa shape index (κ3) is 6.81. The molecule has 0 atom stereocenters. The number of nitrogens with zero attached hydrogens (tertiary/aromatic N) is 1. The van der Waals surface area contributed by atoms with Gasteiger partial charge in [-0.3, -0.25) is 0 Å². The second-order valence-electron chi connectivity index (χ2n) is 23.3. The molecule has 0 aliphatic heterocycles. The maximum absolute atomic E-state index is 2.56. The van der Waals surface area contributed by atoms with Crippen molar-refractivity contribution in [2.24, 2.45) is 0 Å². The molecule has 0 unspecified atom stereocenters. The van der Waals surface area contributed by atoms with E-state index in [1.807, 2.05) is 0 Å². The summed E-state index contributed by atoms with van der Waals surface area (Å²) in [5.74, 6) is 0. The molecule has 0 fully saturated rings. The van der Waals surface area contributed by atoms with Gasteiger partial charge in [-0.15, -0.1) is 0 Å². The lowest BCUT2D eigenvalue weighted by atomic mass is 9.68. The summed E-state index contributed by atoms with van der Waals surface area (Å²) in [5.41, 5.74) is 28.6. The molecule has 1 heteroatoms. The molecule has 1 spiro atoms. The van der Waals surface area contributed by atoms with Gasteiger partial charge in [-0.05, 0) is 153 Å².